The highest BCUT2D eigenvalue weighted by molar-refractivity contribution is 5.86. The van der Waals surface area contributed by atoms with Gasteiger partial charge in [0.15, 0.2) is 11.5 Å². The number of aromatic nitrogens is 3. The first-order valence-corrected chi connectivity index (χ1v) is 9.85. The number of anilines is 2. The molecule has 0 spiro atoms. The fourth-order valence-corrected chi connectivity index (χ4v) is 3.60. The van der Waals surface area contributed by atoms with Crippen molar-refractivity contribution in [1.82, 2.24) is 15.0 Å². The summed E-state index contributed by atoms with van der Waals surface area (Å²) in [5.74, 6) is 1.96. The van der Waals surface area contributed by atoms with E-state index in [2.05, 4.69) is 27.1 Å². The van der Waals surface area contributed by atoms with E-state index in [9.17, 15) is 0 Å². The van der Waals surface area contributed by atoms with Crippen LogP contribution in [-0.2, 0) is 6.42 Å². The maximum atomic E-state index is 6.31. The van der Waals surface area contributed by atoms with Gasteiger partial charge in [0.1, 0.15) is 11.4 Å². The molecular formula is C23H25N5O2. The summed E-state index contributed by atoms with van der Waals surface area (Å²) in [5.41, 5.74) is 16.0. The van der Waals surface area contributed by atoms with Crippen molar-refractivity contribution >= 4 is 17.3 Å². The summed E-state index contributed by atoms with van der Waals surface area (Å²) >= 11 is 0. The summed E-state index contributed by atoms with van der Waals surface area (Å²) in [7, 11) is 0. The first-order chi connectivity index (χ1) is 14.4. The molecule has 2 aromatic heterocycles. The van der Waals surface area contributed by atoms with Gasteiger partial charge in [-0.2, -0.15) is 4.98 Å². The Kier molecular flexibility index (Phi) is 5.03. The van der Waals surface area contributed by atoms with Gasteiger partial charge in [-0.1, -0.05) is 6.07 Å². The predicted molar refractivity (Wildman–Crippen MR) is 117 cm³/mol. The molecule has 30 heavy (non-hydrogen) atoms. The first kappa shape index (κ1) is 19.7. The zero-order chi connectivity index (χ0) is 21.3. The van der Waals surface area contributed by atoms with Crippen LogP contribution < -0.4 is 20.9 Å². The Labute approximate surface area is 175 Å². The number of nitrogens with two attached hydrogens (primary N) is 2. The fraction of sp³-hybridized carbons (Fsp3) is 0.261. The highest BCUT2D eigenvalue weighted by Gasteiger charge is 2.30. The number of benzene rings is 1. The quantitative estimate of drug-likeness (QED) is 0.669. The Bertz CT molecular complexity index is 1110. The highest BCUT2D eigenvalue weighted by atomic mass is 16.5. The Hall–Kier alpha value is -3.61. The standard InChI is InChI=1S/C23H25N5O2/c1-4-29-19-10-14(8-16-13-27-22(25)28-21(16)24)9-17-18(15-6-5-7-26-12-15)11-23(2,3)30-20(17)19/h5-7,9-13H,4,8H2,1-3H3,(H4,24,25,27,28). The van der Waals surface area contributed by atoms with Crippen LogP contribution >= 0.6 is 0 Å². The Morgan fingerprint density at radius 3 is 2.70 bits per heavy atom. The van der Waals surface area contributed by atoms with E-state index in [0.29, 0.717) is 24.6 Å². The van der Waals surface area contributed by atoms with Crippen molar-refractivity contribution in [2.75, 3.05) is 18.1 Å². The lowest BCUT2D eigenvalue weighted by atomic mass is 9.88. The summed E-state index contributed by atoms with van der Waals surface area (Å²) in [6.07, 6.45) is 7.95. The van der Waals surface area contributed by atoms with Crippen LogP contribution in [0, 0.1) is 0 Å². The summed E-state index contributed by atoms with van der Waals surface area (Å²) in [5, 5.41) is 0. The lowest BCUT2D eigenvalue weighted by molar-refractivity contribution is 0.149. The molecule has 4 rings (SSSR count). The second-order valence-corrected chi connectivity index (χ2v) is 7.72. The third-order valence-corrected chi connectivity index (χ3v) is 4.85. The molecule has 1 aromatic carbocycles. The minimum absolute atomic E-state index is 0.161. The third-order valence-electron chi connectivity index (χ3n) is 4.85. The molecular weight excluding hydrogens is 378 g/mol. The minimum atomic E-state index is -0.485. The van der Waals surface area contributed by atoms with Gasteiger partial charge in [0.25, 0.3) is 0 Å². The highest BCUT2D eigenvalue weighted by Crippen LogP contribution is 2.45. The van der Waals surface area contributed by atoms with Crippen LogP contribution in [-0.4, -0.2) is 27.2 Å². The number of rotatable bonds is 5. The molecule has 154 valence electrons. The molecule has 0 radical (unpaired) electrons. The van der Waals surface area contributed by atoms with Gasteiger partial charge in [-0.3, -0.25) is 4.98 Å². The van der Waals surface area contributed by atoms with Crippen LogP contribution in [0.25, 0.3) is 5.57 Å². The molecule has 0 saturated heterocycles. The van der Waals surface area contributed by atoms with Crippen molar-refractivity contribution in [3.8, 4) is 11.5 Å². The molecule has 1 aliphatic heterocycles. The van der Waals surface area contributed by atoms with E-state index in [1.165, 1.54) is 0 Å². The van der Waals surface area contributed by atoms with Crippen molar-refractivity contribution in [1.29, 1.82) is 0 Å². The van der Waals surface area contributed by atoms with Gasteiger partial charge in [0.2, 0.25) is 5.95 Å². The summed E-state index contributed by atoms with van der Waals surface area (Å²) in [6.45, 7) is 6.54. The summed E-state index contributed by atoms with van der Waals surface area (Å²) in [6, 6.07) is 8.06. The smallest absolute Gasteiger partial charge is 0.221 e. The van der Waals surface area contributed by atoms with E-state index in [1.807, 2.05) is 45.2 Å². The number of nitrogens with zero attached hydrogens (tertiary/aromatic N) is 3. The lowest BCUT2D eigenvalue weighted by Gasteiger charge is -2.33. The van der Waals surface area contributed by atoms with Gasteiger partial charge in [-0.15, -0.1) is 0 Å². The zero-order valence-corrected chi connectivity index (χ0v) is 17.3. The average molecular weight is 403 g/mol. The maximum absolute atomic E-state index is 6.31. The van der Waals surface area contributed by atoms with Gasteiger partial charge >= 0.3 is 0 Å². The number of pyridine rings is 1. The van der Waals surface area contributed by atoms with E-state index in [0.717, 1.165) is 33.6 Å². The zero-order valence-electron chi connectivity index (χ0n) is 17.3. The molecule has 3 heterocycles. The number of nitrogen functional groups attached to an aromatic ring is 2. The lowest BCUT2D eigenvalue weighted by Crippen LogP contribution is -2.29. The van der Waals surface area contributed by atoms with Gasteiger partial charge in [0, 0.05) is 41.7 Å². The summed E-state index contributed by atoms with van der Waals surface area (Å²) < 4.78 is 12.3. The number of ether oxygens (including phenoxy) is 2. The van der Waals surface area contributed by atoms with Gasteiger partial charge in [-0.25, -0.2) is 4.98 Å². The molecule has 0 atom stereocenters. The van der Waals surface area contributed by atoms with Crippen LogP contribution in [0.2, 0.25) is 0 Å². The van der Waals surface area contributed by atoms with E-state index >= 15 is 0 Å². The van der Waals surface area contributed by atoms with E-state index in [4.69, 9.17) is 20.9 Å². The molecule has 0 aliphatic carbocycles. The van der Waals surface area contributed by atoms with Crippen molar-refractivity contribution in [2.45, 2.75) is 32.8 Å². The normalized spacial score (nSPS) is 14.4. The van der Waals surface area contributed by atoms with Gasteiger partial charge in [-0.05, 0) is 56.2 Å². The molecule has 0 fully saturated rings. The first-order valence-electron chi connectivity index (χ1n) is 9.85. The largest absolute Gasteiger partial charge is 0.490 e. The van der Waals surface area contributed by atoms with Gasteiger partial charge < -0.3 is 20.9 Å². The molecule has 1 aliphatic rings. The molecule has 0 bridgehead atoms. The Morgan fingerprint density at radius 1 is 1.17 bits per heavy atom. The second kappa shape index (κ2) is 7.67. The third kappa shape index (κ3) is 3.91. The van der Waals surface area contributed by atoms with Crippen LogP contribution in [0.3, 0.4) is 0 Å². The molecule has 3 aromatic rings. The molecule has 0 amide bonds. The molecule has 0 unspecified atom stereocenters. The molecule has 7 heteroatoms. The maximum Gasteiger partial charge on any atom is 0.221 e. The van der Waals surface area contributed by atoms with Crippen molar-refractivity contribution in [3.63, 3.8) is 0 Å². The van der Waals surface area contributed by atoms with E-state index in [-0.39, 0.29) is 5.95 Å². The monoisotopic (exact) mass is 403 g/mol. The number of fused-ring (bicyclic) bond motifs is 1. The Balaban J connectivity index is 1.85. The van der Waals surface area contributed by atoms with Crippen LogP contribution in [0.5, 0.6) is 11.5 Å². The second-order valence-electron chi connectivity index (χ2n) is 7.72. The average Bonchev–Trinajstić information content (AvgIpc) is 2.71. The SMILES string of the molecule is CCOc1cc(Cc2cnc(N)nc2N)cc2c1OC(C)(C)C=C2c1cccnc1. The Morgan fingerprint density at radius 2 is 2.00 bits per heavy atom. The van der Waals surface area contributed by atoms with Gasteiger partial charge in [0.05, 0.1) is 6.61 Å². The molecule has 4 N–H and O–H groups in total. The summed E-state index contributed by atoms with van der Waals surface area (Å²) in [4.78, 5) is 12.4. The number of hydrogen-bond donors (Lipinski definition) is 2. The molecule has 0 saturated carbocycles. The van der Waals surface area contributed by atoms with Crippen LogP contribution in [0.4, 0.5) is 11.8 Å². The fourth-order valence-electron chi connectivity index (χ4n) is 3.60. The van der Waals surface area contributed by atoms with Crippen molar-refractivity contribution < 1.29 is 9.47 Å². The number of hydrogen-bond acceptors (Lipinski definition) is 7. The van der Waals surface area contributed by atoms with E-state index < -0.39 is 5.60 Å². The molecule has 7 nitrogen and oxygen atoms in total. The topological polar surface area (TPSA) is 109 Å². The van der Waals surface area contributed by atoms with Crippen molar-refractivity contribution in [3.05, 3.63) is 71.2 Å². The predicted octanol–water partition coefficient (Wildman–Crippen LogP) is 3.63. The van der Waals surface area contributed by atoms with Crippen molar-refractivity contribution in [2.24, 2.45) is 0 Å². The van der Waals surface area contributed by atoms with E-state index in [1.54, 1.807) is 12.4 Å². The minimum Gasteiger partial charge on any atom is -0.490 e. The van der Waals surface area contributed by atoms with Crippen LogP contribution in [0.1, 0.15) is 43.0 Å². The van der Waals surface area contributed by atoms with Crippen LogP contribution in [0.15, 0.2) is 48.9 Å².